The average Bonchev–Trinajstić information content (AvgIpc) is 3.33. The van der Waals surface area contributed by atoms with E-state index in [4.69, 9.17) is 4.42 Å². The minimum Gasteiger partial charge on any atom is -0.459 e. The van der Waals surface area contributed by atoms with Gasteiger partial charge < -0.3 is 19.8 Å². The second-order valence-corrected chi connectivity index (χ2v) is 6.30. The SMILES string of the molecule is O=C(CCNC(=O)c1ccco1)Nc1nc(-c2ccccc2OC(F)F)cs1. The molecule has 146 valence electrons. The number of furan rings is 1. The lowest BCUT2D eigenvalue weighted by Gasteiger charge is -2.08. The topological polar surface area (TPSA) is 93.5 Å². The number of anilines is 1. The Kier molecular flexibility index (Phi) is 6.33. The molecule has 1 aromatic carbocycles. The van der Waals surface area contributed by atoms with Crippen molar-refractivity contribution in [2.75, 3.05) is 11.9 Å². The Morgan fingerprint density at radius 2 is 2.04 bits per heavy atom. The molecule has 0 bridgehead atoms. The van der Waals surface area contributed by atoms with Crippen LogP contribution in [0.2, 0.25) is 0 Å². The lowest BCUT2D eigenvalue weighted by molar-refractivity contribution is -0.116. The van der Waals surface area contributed by atoms with Gasteiger partial charge in [-0.2, -0.15) is 8.78 Å². The Bertz CT molecular complexity index is 944. The highest BCUT2D eigenvalue weighted by atomic mass is 32.1. The molecule has 0 aliphatic rings. The van der Waals surface area contributed by atoms with Crippen LogP contribution in [0.15, 0.2) is 52.5 Å². The van der Waals surface area contributed by atoms with E-state index in [-0.39, 0.29) is 30.4 Å². The molecule has 2 aromatic heterocycles. The standard InChI is InChI=1S/C18H15F2N3O4S/c19-17(20)27-13-5-2-1-4-11(13)12-10-28-18(22-12)23-15(24)7-8-21-16(25)14-6-3-9-26-14/h1-6,9-10,17H,7-8H2,(H,21,25)(H,22,23,24). The monoisotopic (exact) mass is 407 g/mol. The van der Waals surface area contributed by atoms with Crippen LogP contribution in [-0.2, 0) is 4.79 Å². The molecule has 0 unspecified atom stereocenters. The molecule has 0 fully saturated rings. The van der Waals surface area contributed by atoms with Crippen LogP contribution in [0, 0.1) is 0 Å². The Balaban J connectivity index is 1.54. The van der Waals surface area contributed by atoms with Gasteiger partial charge in [-0.3, -0.25) is 9.59 Å². The number of hydrogen-bond acceptors (Lipinski definition) is 6. The smallest absolute Gasteiger partial charge is 0.387 e. The van der Waals surface area contributed by atoms with Crippen molar-refractivity contribution in [3.05, 3.63) is 53.8 Å². The van der Waals surface area contributed by atoms with Crippen LogP contribution < -0.4 is 15.4 Å². The molecule has 0 saturated heterocycles. The maximum absolute atomic E-state index is 12.5. The quantitative estimate of drug-likeness (QED) is 0.593. The summed E-state index contributed by atoms with van der Waals surface area (Å²) in [6.45, 7) is -2.83. The molecule has 2 N–H and O–H groups in total. The highest BCUT2D eigenvalue weighted by Crippen LogP contribution is 2.32. The molecule has 0 spiro atoms. The Labute approximate surface area is 162 Å². The maximum Gasteiger partial charge on any atom is 0.387 e. The van der Waals surface area contributed by atoms with Gasteiger partial charge in [0.2, 0.25) is 5.91 Å². The lowest BCUT2D eigenvalue weighted by Crippen LogP contribution is -2.27. The van der Waals surface area contributed by atoms with Crippen molar-refractivity contribution in [3.8, 4) is 17.0 Å². The third-order valence-corrected chi connectivity index (χ3v) is 4.27. The van der Waals surface area contributed by atoms with Gasteiger partial charge in [0, 0.05) is 23.9 Å². The second kappa shape index (κ2) is 9.09. The molecule has 2 amide bonds. The molecule has 0 radical (unpaired) electrons. The van der Waals surface area contributed by atoms with Crippen molar-refractivity contribution < 1.29 is 27.5 Å². The van der Waals surface area contributed by atoms with Crippen LogP contribution in [0.4, 0.5) is 13.9 Å². The zero-order valence-electron chi connectivity index (χ0n) is 14.4. The summed E-state index contributed by atoms with van der Waals surface area (Å²) in [6, 6.07) is 9.37. The minimum atomic E-state index is -2.95. The number of alkyl halides is 2. The number of halogens is 2. The normalized spacial score (nSPS) is 10.7. The van der Waals surface area contributed by atoms with Gasteiger partial charge in [-0.25, -0.2) is 4.98 Å². The molecule has 10 heteroatoms. The molecular weight excluding hydrogens is 392 g/mol. The van der Waals surface area contributed by atoms with E-state index in [1.165, 1.54) is 18.4 Å². The van der Waals surface area contributed by atoms with E-state index in [1.807, 2.05) is 0 Å². The van der Waals surface area contributed by atoms with Crippen molar-refractivity contribution >= 4 is 28.3 Å². The van der Waals surface area contributed by atoms with Gasteiger partial charge >= 0.3 is 6.61 Å². The van der Waals surface area contributed by atoms with E-state index in [2.05, 4.69) is 20.4 Å². The van der Waals surface area contributed by atoms with E-state index >= 15 is 0 Å². The summed E-state index contributed by atoms with van der Waals surface area (Å²) < 4.78 is 34.5. The highest BCUT2D eigenvalue weighted by Gasteiger charge is 2.14. The molecular formula is C18H15F2N3O4S. The molecule has 28 heavy (non-hydrogen) atoms. The van der Waals surface area contributed by atoms with E-state index in [0.717, 1.165) is 11.3 Å². The predicted octanol–water partition coefficient (Wildman–Crippen LogP) is 3.76. The number of nitrogens with zero attached hydrogens (tertiary/aromatic N) is 1. The number of amides is 2. The first-order chi connectivity index (χ1) is 13.5. The Hall–Kier alpha value is -3.27. The van der Waals surface area contributed by atoms with Crippen molar-refractivity contribution in [3.63, 3.8) is 0 Å². The third-order valence-electron chi connectivity index (χ3n) is 3.51. The number of carbonyl (C=O) groups is 2. The molecule has 0 saturated carbocycles. The van der Waals surface area contributed by atoms with Gasteiger partial charge in [0.05, 0.1) is 12.0 Å². The van der Waals surface area contributed by atoms with E-state index in [0.29, 0.717) is 16.4 Å². The molecule has 7 nitrogen and oxygen atoms in total. The first-order valence-corrected chi connectivity index (χ1v) is 9.02. The number of carbonyl (C=O) groups excluding carboxylic acids is 2. The number of nitrogens with one attached hydrogen (secondary N) is 2. The van der Waals surface area contributed by atoms with Gasteiger partial charge in [0.25, 0.3) is 5.91 Å². The molecule has 0 aliphatic heterocycles. The summed E-state index contributed by atoms with van der Waals surface area (Å²) in [5, 5.41) is 7.10. The number of para-hydroxylation sites is 1. The van der Waals surface area contributed by atoms with Crippen molar-refractivity contribution in [2.24, 2.45) is 0 Å². The van der Waals surface area contributed by atoms with Gasteiger partial charge in [-0.1, -0.05) is 12.1 Å². The summed E-state index contributed by atoms with van der Waals surface area (Å²) in [5.74, 6) is -0.598. The van der Waals surface area contributed by atoms with Crippen LogP contribution >= 0.6 is 11.3 Å². The minimum absolute atomic E-state index is 0.00122. The van der Waals surface area contributed by atoms with E-state index < -0.39 is 12.5 Å². The average molecular weight is 407 g/mol. The Morgan fingerprint density at radius 1 is 1.21 bits per heavy atom. The first-order valence-electron chi connectivity index (χ1n) is 8.14. The first kappa shape index (κ1) is 19.5. The molecule has 0 atom stereocenters. The fourth-order valence-electron chi connectivity index (χ4n) is 2.30. The lowest BCUT2D eigenvalue weighted by atomic mass is 10.1. The summed E-state index contributed by atoms with van der Waals surface area (Å²) >= 11 is 1.15. The summed E-state index contributed by atoms with van der Waals surface area (Å²) in [6.07, 6.45) is 1.42. The fraction of sp³-hybridized carbons (Fsp3) is 0.167. The van der Waals surface area contributed by atoms with Crippen LogP contribution in [0.3, 0.4) is 0 Å². The molecule has 3 aromatic rings. The predicted molar refractivity (Wildman–Crippen MR) is 98.5 cm³/mol. The number of aromatic nitrogens is 1. The number of rotatable bonds is 8. The Morgan fingerprint density at radius 3 is 2.79 bits per heavy atom. The molecule has 2 heterocycles. The van der Waals surface area contributed by atoms with E-state index in [9.17, 15) is 18.4 Å². The van der Waals surface area contributed by atoms with Crippen LogP contribution in [0.5, 0.6) is 5.75 Å². The van der Waals surface area contributed by atoms with Crippen molar-refractivity contribution in [1.82, 2.24) is 10.3 Å². The van der Waals surface area contributed by atoms with Gasteiger partial charge in [-0.15, -0.1) is 11.3 Å². The highest BCUT2D eigenvalue weighted by molar-refractivity contribution is 7.14. The fourth-order valence-corrected chi connectivity index (χ4v) is 3.02. The van der Waals surface area contributed by atoms with Crippen LogP contribution in [0.25, 0.3) is 11.3 Å². The van der Waals surface area contributed by atoms with Gasteiger partial charge in [0.1, 0.15) is 5.75 Å². The van der Waals surface area contributed by atoms with Gasteiger partial charge in [-0.05, 0) is 24.3 Å². The zero-order chi connectivity index (χ0) is 19.9. The number of hydrogen-bond donors (Lipinski definition) is 2. The number of thiazole rings is 1. The van der Waals surface area contributed by atoms with Crippen molar-refractivity contribution in [2.45, 2.75) is 13.0 Å². The number of ether oxygens (including phenoxy) is 1. The molecule has 0 aliphatic carbocycles. The second-order valence-electron chi connectivity index (χ2n) is 5.44. The third kappa shape index (κ3) is 5.13. The molecule has 3 rings (SSSR count). The summed E-state index contributed by atoms with van der Waals surface area (Å²) in [4.78, 5) is 27.9. The van der Waals surface area contributed by atoms with Crippen molar-refractivity contribution in [1.29, 1.82) is 0 Å². The zero-order valence-corrected chi connectivity index (χ0v) is 15.2. The number of benzene rings is 1. The summed E-state index contributed by atoms with van der Waals surface area (Å²) in [7, 11) is 0. The van der Waals surface area contributed by atoms with Gasteiger partial charge in [0.15, 0.2) is 10.9 Å². The largest absolute Gasteiger partial charge is 0.459 e. The maximum atomic E-state index is 12.5. The van der Waals surface area contributed by atoms with Crippen LogP contribution in [0.1, 0.15) is 17.0 Å². The van der Waals surface area contributed by atoms with E-state index in [1.54, 1.807) is 29.6 Å². The summed E-state index contributed by atoms with van der Waals surface area (Å²) in [5.41, 5.74) is 0.799. The van der Waals surface area contributed by atoms with Crippen LogP contribution in [-0.4, -0.2) is 30.0 Å².